The predicted molar refractivity (Wildman–Crippen MR) is 78.4 cm³/mol. The molecule has 0 aromatic carbocycles. The van der Waals surface area contributed by atoms with Crippen LogP contribution in [0.1, 0.15) is 57.2 Å². The van der Waals surface area contributed by atoms with Crippen LogP contribution in [-0.4, -0.2) is 24.9 Å². The van der Waals surface area contributed by atoms with Crippen molar-refractivity contribution in [1.29, 1.82) is 0 Å². The first-order valence-corrected chi connectivity index (χ1v) is 7.66. The molecule has 1 saturated carbocycles. The molecule has 0 atom stereocenters. The van der Waals surface area contributed by atoms with E-state index in [9.17, 15) is 9.59 Å². The van der Waals surface area contributed by atoms with E-state index in [1.54, 1.807) is 15.1 Å². The zero-order valence-corrected chi connectivity index (χ0v) is 12.3. The molecule has 2 heterocycles. The van der Waals surface area contributed by atoms with Gasteiger partial charge in [0, 0.05) is 24.9 Å². The summed E-state index contributed by atoms with van der Waals surface area (Å²) in [5.74, 6) is 0.893. The van der Waals surface area contributed by atoms with Crippen LogP contribution in [-0.2, 0) is 11.2 Å². The maximum absolute atomic E-state index is 12.5. The third-order valence-electron chi connectivity index (χ3n) is 4.21. The third-order valence-corrected chi connectivity index (χ3v) is 4.21. The summed E-state index contributed by atoms with van der Waals surface area (Å²) in [7, 11) is 0. The number of hydrogen-bond acceptors (Lipinski definition) is 4. The number of carbonyl (C=O) groups excluding carboxylic acids is 1. The lowest BCUT2D eigenvalue weighted by molar-refractivity contribution is -0.120. The lowest BCUT2D eigenvalue weighted by atomic mass is 9.94. The molecule has 0 saturated heterocycles. The topological polar surface area (TPSA) is 69.3 Å². The molecule has 0 radical (unpaired) electrons. The van der Waals surface area contributed by atoms with E-state index in [-0.39, 0.29) is 17.4 Å². The van der Waals surface area contributed by atoms with Crippen LogP contribution in [0.3, 0.4) is 0 Å². The van der Waals surface area contributed by atoms with E-state index in [1.165, 1.54) is 6.33 Å². The standard InChI is InChI=1S/C15H20N4O2/c1-2-3-4-12-9-14(21)18(15-16-10-17-19(12)15)11-5-7-13(20)8-6-11/h9-11H,2-8H2,1H3. The molecule has 21 heavy (non-hydrogen) atoms. The Morgan fingerprint density at radius 3 is 2.76 bits per heavy atom. The number of unbranched alkanes of at least 4 members (excludes halogenated alkanes) is 1. The number of nitrogens with zero attached hydrogens (tertiary/aromatic N) is 4. The highest BCUT2D eigenvalue weighted by molar-refractivity contribution is 5.79. The van der Waals surface area contributed by atoms with Crippen molar-refractivity contribution in [2.45, 2.75) is 57.9 Å². The van der Waals surface area contributed by atoms with Gasteiger partial charge in [-0.3, -0.25) is 14.2 Å². The van der Waals surface area contributed by atoms with Gasteiger partial charge >= 0.3 is 0 Å². The molecule has 6 heteroatoms. The fraction of sp³-hybridized carbons (Fsp3) is 0.600. The van der Waals surface area contributed by atoms with E-state index in [4.69, 9.17) is 0 Å². The fourth-order valence-electron chi connectivity index (χ4n) is 3.04. The molecule has 0 bridgehead atoms. The first kappa shape index (κ1) is 14.0. The molecule has 0 unspecified atom stereocenters. The quantitative estimate of drug-likeness (QED) is 0.862. The van der Waals surface area contributed by atoms with Crippen LogP contribution in [0.25, 0.3) is 5.78 Å². The minimum Gasteiger partial charge on any atom is -0.300 e. The fourth-order valence-corrected chi connectivity index (χ4v) is 3.04. The highest BCUT2D eigenvalue weighted by Crippen LogP contribution is 2.26. The van der Waals surface area contributed by atoms with Gasteiger partial charge in [-0.15, -0.1) is 0 Å². The Hall–Kier alpha value is -1.98. The number of aromatic nitrogens is 4. The van der Waals surface area contributed by atoms with E-state index in [1.807, 2.05) is 0 Å². The molecule has 1 fully saturated rings. The molecule has 6 nitrogen and oxygen atoms in total. The molecule has 1 aliphatic rings. The number of carbonyl (C=O) groups is 1. The Kier molecular flexibility index (Phi) is 3.86. The van der Waals surface area contributed by atoms with Gasteiger partial charge in [0.25, 0.3) is 5.56 Å². The summed E-state index contributed by atoms with van der Waals surface area (Å²) >= 11 is 0. The van der Waals surface area contributed by atoms with Gasteiger partial charge in [0.1, 0.15) is 12.1 Å². The first-order chi connectivity index (χ1) is 10.2. The summed E-state index contributed by atoms with van der Waals surface area (Å²) in [6.07, 6.45) is 6.96. The van der Waals surface area contributed by atoms with Crippen molar-refractivity contribution in [1.82, 2.24) is 19.2 Å². The van der Waals surface area contributed by atoms with Crippen LogP contribution in [0.4, 0.5) is 0 Å². The third kappa shape index (κ3) is 2.62. The van der Waals surface area contributed by atoms with Crippen molar-refractivity contribution in [3.63, 3.8) is 0 Å². The van der Waals surface area contributed by atoms with Gasteiger partial charge < -0.3 is 0 Å². The van der Waals surface area contributed by atoms with Gasteiger partial charge in [0.2, 0.25) is 5.78 Å². The molecular formula is C15H20N4O2. The maximum Gasteiger partial charge on any atom is 0.255 e. The van der Waals surface area contributed by atoms with Crippen LogP contribution in [0, 0.1) is 0 Å². The minimum absolute atomic E-state index is 0.0269. The van der Waals surface area contributed by atoms with Gasteiger partial charge in [0.15, 0.2) is 0 Å². The Morgan fingerprint density at radius 1 is 1.29 bits per heavy atom. The summed E-state index contributed by atoms with van der Waals surface area (Å²) in [5.41, 5.74) is 0.887. The van der Waals surface area contributed by atoms with Crippen LogP contribution >= 0.6 is 0 Å². The van der Waals surface area contributed by atoms with Crippen molar-refractivity contribution in [3.05, 3.63) is 28.4 Å². The number of aryl methyl sites for hydroxylation is 1. The Labute approximate surface area is 122 Å². The number of fused-ring (bicyclic) bond motifs is 1. The Bertz CT molecular complexity index is 706. The van der Waals surface area contributed by atoms with E-state index in [0.717, 1.165) is 37.8 Å². The zero-order valence-electron chi connectivity index (χ0n) is 12.3. The maximum atomic E-state index is 12.5. The van der Waals surface area contributed by atoms with E-state index >= 15 is 0 Å². The van der Waals surface area contributed by atoms with Crippen LogP contribution in [0.15, 0.2) is 17.2 Å². The number of ketones is 1. The van der Waals surface area contributed by atoms with Crippen molar-refractivity contribution in [3.8, 4) is 0 Å². The highest BCUT2D eigenvalue weighted by Gasteiger charge is 2.24. The van der Waals surface area contributed by atoms with Gasteiger partial charge in [-0.25, -0.2) is 4.52 Å². The normalized spacial score (nSPS) is 16.7. The number of hydrogen-bond donors (Lipinski definition) is 0. The second kappa shape index (κ2) is 5.79. The average Bonchev–Trinajstić information content (AvgIpc) is 2.95. The largest absolute Gasteiger partial charge is 0.300 e. The SMILES string of the molecule is CCCCc1cc(=O)n(C2CCC(=O)CC2)c2ncnn12. The molecule has 3 rings (SSSR count). The molecule has 112 valence electrons. The van der Waals surface area contributed by atoms with Gasteiger partial charge in [-0.05, 0) is 25.7 Å². The molecule has 0 amide bonds. The van der Waals surface area contributed by atoms with Gasteiger partial charge in [-0.2, -0.15) is 10.1 Å². The molecule has 0 N–H and O–H groups in total. The summed E-state index contributed by atoms with van der Waals surface area (Å²) in [6.45, 7) is 2.12. The predicted octanol–water partition coefficient (Wildman–Crippen LogP) is 1.92. The van der Waals surface area contributed by atoms with E-state index in [0.29, 0.717) is 18.6 Å². The van der Waals surface area contributed by atoms with Crippen LogP contribution < -0.4 is 5.56 Å². The smallest absolute Gasteiger partial charge is 0.255 e. The summed E-state index contributed by atoms with van der Waals surface area (Å²) in [6, 6.07) is 1.73. The van der Waals surface area contributed by atoms with Crippen LogP contribution in [0.5, 0.6) is 0 Å². The molecule has 2 aromatic rings. The van der Waals surface area contributed by atoms with Gasteiger partial charge in [0.05, 0.1) is 5.69 Å². The second-order valence-corrected chi connectivity index (χ2v) is 5.69. The lowest BCUT2D eigenvalue weighted by Crippen LogP contribution is -2.30. The lowest BCUT2D eigenvalue weighted by Gasteiger charge is -2.23. The summed E-state index contributed by atoms with van der Waals surface area (Å²) in [5, 5.41) is 4.26. The summed E-state index contributed by atoms with van der Waals surface area (Å²) < 4.78 is 3.49. The molecule has 1 aliphatic carbocycles. The minimum atomic E-state index is -0.0269. The van der Waals surface area contributed by atoms with E-state index < -0.39 is 0 Å². The van der Waals surface area contributed by atoms with Crippen LogP contribution in [0.2, 0.25) is 0 Å². The van der Waals surface area contributed by atoms with Crippen molar-refractivity contribution < 1.29 is 4.79 Å². The first-order valence-electron chi connectivity index (χ1n) is 7.66. The van der Waals surface area contributed by atoms with Gasteiger partial charge in [-0.1, -0.05) is 13.3 Å². The Balaban J connectivity index is 2.03. The highest BCUT2D eigenvalue weighted by atomic mass is 16.1. The number of Topliss-reactive ketones (excluding diaryl/α,β-unsaturated/α-hetero) is 1. The second-order valence-electron chi connectivity index (χ2n) is 5.69. The molecule has 2 aromatic heterocycles. The zero-order chi connectivity index (χ0) is 14.8. The van der Waals surface area contributed by atoms with E-state index in [2.05, 4.69) is 17.0 Å². The molecule has 0 spiro atoms. The molecular weight excluding hydrogens is 268 g/mol. The summed E-state index contributed by atoms with van der Waals surface area (Å²) in [4.78, 5) is 28.2. The average molecular weight is 288 g/mol. The van der Waals surface area contributed by atoms with Crippen molar-refractivity contribution in [2.75, 3.05) is 0 Å². The van der Waals surface area contributed by atoms with Crippen molar-refractivity contribution in [2.24, 2.45) is 0 Å². The number of rotatable bonds is 4. The molecule has 0 aliphatic heterocycles. The Morgan fingerprint density at radius 2 is 2.05 bits per heavy atom. The van der Waals surface area contributed by atoms with Crippen molar-refractivity contribution >= 4 is 11.6 Å². The monoisotopic (exact) mass is 288 g/mol.